The maximum absolute atomic E-state index is 12.6. The summed E-state index contributed by atoms with van der Waals surface area (Å²) in [6.45, 7) is 4.37. The van der Waals surface area contributed by atoms with Crippen LogP contribution >= 0.6 is 0 Å². The number of nitrogens with zero attached hydrogens (tertiary/aromatic N) is 2. The molecule has 2 unspecified atom stereocenters. The molecule has 0 radical (unpaired) electrons. The number of amides is 3. The van der Waals surface area contributed by atoms with Crippen molar-refractivity contribution in [3.8, 4) is 0 Å². The van der Waals surface area contributed by atoms with Gasteiger partial charge in [0, 0.05) is 13.1 Å². The van der Waals surface area contributed by atoms with E-state index < -0.39 is 5.97 Å². The second-order valence-electron chi connectivity index (χ2n) is 8.07. The van der Waals surface area contributed by atoms with Crippen molar-refractivity contribution in [2.45, 2.75) is 32.6 Å². The van der Waals surface area contributed by atoms with Crippen LogP contribution in [0.15, 0.2) is 48.5 Å². The van der Waals surface area contributed by atoms with Crippen LogP contribution in [0, 0.1) is 0 Å². The Hall–Kier alpha value is -3.52. The summed E-state index contributed by atoms with van der Waals surface area (Å²) < 4.78 is 10.8. The molecule has 2 aromatic rings. The number of hydrogen-bond acceptors (Lipinski definition) is 6. The van der Waals surface area contributed by atoms with Gasteiger partial charge in [-0.05, 0) is 43.7 Å². The van der Waals surface area contributed by atoms with Gasteiger partial charge in [0.15, 0.2) is 6.61 Å². The third-order valence-corrected chi connectivity index (χ3v) is 5.48. The average Bonchev–Trinajstić information content (AvgIpc) is 3.02. The molecule has 8 heteroatoms. The third-order valence-electron chi connectivity index (χ3n) is 5.48. The number of ether oxygens (including phenoxy) is 2. The van der Waals surface area contributed by atoms with Crippen molar-refractivity contribution < 1.29 is 28.7 Å². The van der Waals surface area contributed by atoms with E-state index in [1.165, 1.54) is 0 Å². The molecule has 166 valence electrons. The minimum absolute atomic E-state index is 0.0377. The highest BCUT2D eigenvalue weighted by molar-refractivity contribution is 6.21. The molecule has 0 aliphatic carbocycles. The first-order valence-electron chi connectivity index (χ1n) is 10.5. The quantitative estimate of drug-likeness (QED) is 0.527. The standard InChI is InChI=1S/C24H24N2O6/c1-15-11-25(12-16(2)32-15)21(27)14-31-24(30)18-7-5-6-17(10-18)13-26-22(28)19-8-3-4-9-20(19)23(26)29/h3-10,15-16H,11-14H2,1-2H3. The second kappa shape index (κ2) is 8.92. The minimum atomic E-state index is -0.642. The fraction of sp³-hybridized carbons (Fsp3) is 0.333. The second-order valence-corrected chi connectivity index (χ2v) is 8.07. The Bertz CT molecular complexity index is 1040. The van der Waals surface area contributed by atoms with Crippen molar-refractivity contribution in [3.05, 3.63) is 70.8 Å². The molecule has 2 atom stereocenters. The number of benzene rings is 2. The summed E-state index contributed by atoms with van der Waals surface area (Å²) in [6.07, 6.45) is -0.144. The molecule has 0 spiro atoms. The smallest absolute Gasteiger partial charge is 0.338 e. The van der Waals surface area contributed by atoms with Crippen LogP contribution in [0.3, 0.4) is 0 Å². The zero-order chi connectivity index (χ0) is 22.8. The summed E-state index contributed by atoms with van der Waals surface area (Å²) in [5.41, 5.74) is 1.60. The molecule has 0 aromatic heterocycles. The normalized spacial score (nSPS) is 20.3. The lowest BCUT2D eigenvalue weighted by Gasteiger charge is -2.35. The van der Waals surface area contributed by atoms with Crippen molar-refractivity contribution in [1.82, 2.24) is 9.80 Å². The summed E-state index contributed by atoms with van der Waals surface area (Å²) >= 11 is 0. The van der Waals surface area contributed by atoms with Crippen LogP contribution in [0.2, 0.25) is 0 Å². The number of carbonyl (C=O) groups is 4. The fourth-order valence-electron chi connectivity index (χ4n) is 4.05. The average molecular weight is 436 g/mol. The molecule has 2 aliphatic heterocycles. The molecular formula is C24H24N2O6. The highest BCUT2D eigenvalue weighted by Gasteiger charge is 2.35. The molecule has 2 aromatic carbocycles. The first kappa shape index (κ1) is 21.7. The molecule has 2 aliphatic rings. The van der Waals surface area contributed by atoms with Crippen LogP contribution in [0.5, 0.6) is 0 Å². The molecule has 32 heavy (non-hydrogen) atoms. The van der Waals surface area contributed by atoms with Gasteiger partial charge in [0.1, 0.15) is 0 Å². The van der Waals surface area contributed by atoms with Gasteiger partial charge < -0.3 is 14.4 Å². The minimum Gasteiger partial charge on any atom is -0.452 e. The van der Waals surface area contributed by atoms with Crippen LogP contribution in [-0.2, 0) is 20.8 Å². The molecule has 0 N–H and O–H groups in total. The summed E-state index contributed by atoms with van der Waals surface area (Å²) in [5.74, 6) is -1.64. The van der Waals surface area contributed by atoms with Crippen LogP contribution in [-0.4, -0.2) is 65.4 Å². The van der Waals surface area contributed by atoms with Crippen LogP contribution < -0.4 is 0 Å². The van der Waals surface area contributed by atoms with Crippen molar-refractivity contribution in [2.24, 2.45) is 0 Å². The van der Waals surface area contributed by atoms with Gasteiger partial charge in [0.2, 0.25) is 0 Å². The molecule has 0 saturated carbocycles. The van der Waals surface area contributed by atoms with E-state index in [-0.39, 0.29) is 48.6 Å². The molecule has 1 fully saturated rings. The monoisotopic (exact) mass is 436 g/mol. The Morgan fingerprint density at radius 2 is 1.59 bits per heavy atom. The van der Waals surface area contributed by atoms with Gasteiger partial charge in [-0.25, -0.2) is 4.79 Å². The van der Waals surface area contributed by atoms with Crippen LogP contribution in [0.1, 0.15) is 50.5 Å². The number of imide groups is 1. The van der Waals surface area contributed by atoms with E-state index in [9.17, 15) is 19.2 Å². The Morgan fingerprint density at radius 1 is 0.969 bits per heavy atom. The molecule has 3 amide bonds. The van der Waals surface area contributed by atoms with E-state index in [2.05, 4.69) is 0 Å². The van der Waals surface area contributed by atoms with Gasteiger partial charge in [0.25, 0.3) is 17.7 Å². The van der Waals surface area contributed by atoms with Crippen molar-refractivity contribution in [2.75, 3.05) is 19.7 Å². The molecular weight excluding hydrogens is 412 g/mol. The lowest BCUT2D eigenvalue weighted by molar-refractivity contribution is -0.146. The first-order chi connectivity index (χ1) is 15.3. The van der Waals surface area contributed by atoms with Gasteiger partial charge in [0.05, 0.1) is 35.4 Å². The van der Waals surface area contributed by atoms with E-state index >= 15 is 0 Å². The maximum atomic E-state index is 12.6. The predicted octanol–water partition coefficient (Wildman–Crippen LogP) is 2.28. The Labute approximate surface area is 185 Å². The molecule has 1 saturated heterocycles. The largest absolute Gasteiger partial charge is 0.452 e. The van der Waals surface area contributed by atoms with Gasteiger partial charge in [-0.3, -0.25) is 19.3 Å². The van der Waals surface area contributed by atoms with E-state index in [1.807, 2.05) is 13.8 Å². The van der Waals surface area contributed by atoms with Crippen LogP contribution in [0.4, 0.5) is 0 Å². The highest BCUT2D eigenvalue weighted by atomic mass is 16.5. The number of fused-ring (bicyclic) bond motifs is 1. The fourth-order valence-corrected chi connectivity index (χ4v) is 4.05. The van der Waals surface area contributed by atoms with Crippen molar-refractivity contribution in [3.63, 3.8) is 0 Å². The Kier molecular flexibility index (Phi) is 6.05. The number of esters is 1. The van der Waals surface area contributed by atoms with E-state index in [0.29, 0.717) is 29.8 Å². The summed E-state index contributed by atoms with van der Waals surface area (Å²) in [4.78, 5) is 52.8. The zero-order valence-electron chi connectivity index (χ0n) is 17.9. The van der Waals surface area contributed by atoms with E-state index in [4.69, 9.17) is 9.47 Å². The number of carbonyl (C=O) groups excluding carboxylic acids is 4. The molecule has 2 heterocycles. The number of rotatable bonds is 5. The SMILES string of the molecule is CC1CN(C(=O)COC(=O)c2cccc(CN3C(=O)c4ccccc4C3=O)c2)CC(C)O1. The van der Waals surface area contributed by atoms with Gasteiger partial charge in [-0.15, -0.1) is 0 Å². The number of morpholine rings is 1. The Morgan fingerprint density at radius 3 is 2.22 bits per heavy atom. The lowest BCUT2D eigenvalue weighted by atomic mass is 10.1. The predicted molar refractivity (Wildman–Crippen MR) is 114 cm³/mol. The first-order valence-corrected chi connectivity index (χ1v) is 10.5. The van der Waals surface area contributed by atoms with Gasteiger partial charge in [-0.2, -0.15) is 0 Å². The topological polar surface area (TPSA) is 93.2 Å². The summed E-state index contributed by atoms with van der Waals surface area (Å²) in [5, 5.41) is 0. The van der Waals surface area contributed by atoms with E-state index in [0.717, 1.165) is 4.90 Å². The molecule has 0 bridgehead atoms. The Balaban J connectivity index is 1.38. The van der Waals surface area contributed by atoms with Gasteiger partial charge in [-0.1, -0.05) is 24.3 Å². The van der Waals surface area contributed by atoms with Crippen molar-refractivity contribution in [1.29, 1.82) is 0 Å². The van der Waals surface area contributed by atoms with Crippen molar-refractivity contribution >= 4 is 23.7 Å². The highest BCUT2D eigenvalue weighted by Crippen LogP contribution is 2.24. The third kappa shape index (κ3) is 4.40. The summed E-state index contributed by atoms with van der Waals surface area (Å²) in [7, 11) is 0. The lowest BCUT2D eigenvalue weighted by Crippen LogP contribution is -2.49. The maximum Gasteiger partial charge on any atom is 0.338 e. The number of hydrogen-bond donors (Lipinski definition) is 0. The zero-order valence-corrected chi connectivity index (χ0v) is 17.9. The van der Waals surface area contributed by atoms with Gasteiger partial charge >= 0.3 is 5.97 Å². The molecule has 4 rings (SSSR count). The molecule has 8 nitrogen and oxygen atoms in total. The van der Waals surface area contributed by atoms with Crippen LogP contribution in [0.25, 0.3) is 0 Å². The summed E-state index contributed by atoms with van der Waals surface area (Å²) in [6, 6.07) is 13.2. The van der Waals surface area contributed by atoms with E-state index in [1.54, 1.807) is 53.4 Å².